The van der Waals surface area contributed by atoms with Gasteiger partial charge >= 0.3 is 0 Å². The summed E-state index contributed by atoms with van der Waals surface area (Å²) >= 11 is 1.30. The summed E-state index contributed by atoms with van der Waals surface area (Å²) in [6.45, 7) is 2.74. The van der Waals surface area contributed by atoms with Gasteiger partial charge in [0.2, 0.25) is 0 Å². The largest absolute Gasteiger partial charge is 0.390 e. The van der Waals surface area contributed by atoms with Crippen molar-refractivity contribution in [1.29, 1.82) is 0 Å². The van der Waals surface area contributed by atoms with Gasteiger partial charge in [-0.1, -0.05) is 60.2 Å². The highest BCUT2D eigenvalue weighted by molar-refractivity contribution is 7.12. The number of rotatable bonds is 10. The number of aliphatic hydroxyl groups excluding tert-OH is 1. The number of benzene rings is 3. The SMILES string of the molecule is Cc1cccc(CNC[C@@H](O)[C@H](Cc2cc(F)cc(F)c2)NC(=O)c2cc(-c3ccccc3)cs2)c1. The third kappa shape index (κ3) is 7.07. The van der Waals surface area contributed by atoms with Gasteiger partial charge in [0.05, 0.1) is 17.0 Å². The lowest BCUT2D eigenvalue weighted by molar-refractivity contribution is 0.0833. The number of amides is 1. The van der Waals surface area contributed by atoms with Crippen molar-refractivity contribution in [3.63, 3.8) is 0 Å². The van der Waals surface area contributed by atoms with Gasteiger partial charge < -0.3 is 15.7 Å². The second kappa shape index (κ2) is 12.0. The van der Waals surface area contributed by atoms with Gasteiger partial charge in [-0.2, -0.15) is 0 Å². The van der Waals surface area contributed by atoms with E-state index in [9.17, 15) is 18.7 Å². The number of halogens is 2. The lowest BCUT2D eigenvalue weighted by Gasteiger charge is -2.25. The summed E-state index contributed by atoms with van der Waals surface area (Å²) in [6.07, 6.45) is -0.913. The molecule has 0 radical (unpaired) electrons. The standard InChI is InChI=1S/C29H28F2N2O2S/c1-19-6-5-7-20(10-19)16-32-17-27(34)26(13-21-11-24(30)15-25(31)12-21)33-29(35)28-14-23(18-36-28)22-8-3-2-4-9-22/h2-12,14-15,18,26-27,32,34H,13,16-17H2,1H3,(H,33,35)/t26-,27+/m0/s1. The zero-order valence-corrected chi connectivity index (χ0v) is 20.7. The molecule has 0 spiro atoms. The van der Waals surface area contributed by atoms with Crippen LogP contribution in [-0.2, 0) is 13.0 Å². The predicted octanol–water partition coefficient (Wildman–Crippen LogP) is 5.49. The molecule has 1 amide bonds. The van der Waals surface area contributed by atoms with Crippen LogP contribution in [0.15, 0.2) is 84.2 Å². The van der Waals surface area contributed by atoms with Gasteiger partial charge in [0.25, 0.3) is 5.91 Å². The molecule has 4 rings (SSSR count). The molecule has 3 N–H and O–H groups in total. The molecule has 4 nitrogen and oxygen atoms in total. The monoisotopic (exact) mass is 506 g/mol. The summed E-state index contributed by atoms with van der Waals surface area (Å²) in [4.78, 5) is 13.6. The average Bonchev–Trinajstić information content (AvgIpc) is 3.34. The van der Waals surface area contributed by atoms with E-state index >= 15 is 0 Å². The number of nitrogens with one attached hydrogen (secondary N) is 2. The molecule has 7 heteroatoms. The van der Waals surface area contributed by atoms with E-state index in [0.29, 0.717) is 17.0 Å². The van der Waals surface area contributed by atoms with E-state index in [-0.39, 0.29) is 18.9 Å². The van der Waals surface area contributed by atoms with Crippen molar-refractivity contribution in [3.8, 4) is 11.1 Å². The topological polar surface area (TPSA) is 61.4 Å². The Kier molecular flexibility index (Phi) is 8.59. The molecule has 0 aliphatic rings. The Morgan fingerprint density at radius 2 is 1.67 bits per heavy atom. The first-order chi connectivity index (χ1) is 17.4. The molecule has 0 saturated carbocycles. The van der Waals surface area contributed by atoms with Crippen LogP contribution in [0.1, 0.15) is 26.4 Å². The van der Waals surface area contributed by atoms with Crippen molar-refractivity contribution < 1.29 is 18.7 Å². The van der Waals surface area contributed by atoms with Crippen molar-refractivity contribution in [2.75, 3.05) is 6.54 Å². The molecule has 0 aliphatic carbocycles. The average molecular weight is 507 g/mol. The van der Waals surface area contributed by atoms with E-state index in [1.54, 1.807) is 6.07 Å². The van der Waals surface area contributed by atoms with Crippen molar-refractivity contribution in [1.82, 2.24) is 10.6 Å². The number of carbonyl (C=O) groups excluding carboxylic acids is 1. The molecule has 0 saturated heterocycles. The third-order valence-corrected chi connectivity index (χ3v) is 6.78. The minimum Gasteiger partial charge on any atom is -0.390 e. The number of thiophene rings is 1. The Hall–Kier alpha value is -3.39. The van der Waals surface area contributed by atoms with Gasteiger partial charge in [-0.25, -0.2) is 8.78 Å². The maximum absolute atomic E-state index is 13.8. The smallest absolute Gasteiger partial charge is 0.261 e. The van der Waals surface area contributed by atoms with E-state index in [1.807, 2.05) is 60.8 Å². The summed E-state index contributed by atoms with van der Waals surface area (Å²) < 4.78 is 27.6. The molecule has 186 valence electrons. The van der Waals surface area contributed by atoms with Crippen molar-refractivity contribution in [2.45, 2.75) is 32.0 Å². The van der Waals surface area contributed by atoms with E-state index in [1.165, 1.54) is 23.5 Å². The van der Waals surface area contributed by atoms with Crippen LogP contribution in [0.2, 0.25) is 0 Å². The molecule has 4 aromatic rings. The minimum absolute atomic E-state index is 0.0740. The molecule has 0 aliphatic heterocycles. The Morgan fingerprint density at radius 1 is 0.917 bits per heavy atom. The van der Waals surface area contributed by atoms with Crippen LogP contribution in [0.5, 0.6) is 0 Å². The number of hydrogen-bond acceptors (Lipinski definition) is 4. The Labute approximate surface area is 213 Å². The van der Waals surface area contributed by atoms with E-state index < -0.39 is 23.8 Å². The summed E-state index contributed by atoms with van der Waals surface area (Å²) in [5, 5.41) is 19.0. The summed E-state index contributed by atoms with van der Waals surface area (Å²) in [6, 6.07) is 22.0. The molecule has 0 bridgehead atoms. The molecule has 1 heterocycles. The second-order valence-corrected chi connectivity index (χ2v) is 9.73. The molecule has 1 aromatic heterocycles. The fraction of sp³-hybridized carbons (Fsp3) is 0.207. The van der Waals surface area contributed by atoms with Crippen LogP contribution in [0.3, 0.4) is 0 Å². The molecule has 36 heavy (non-hydrogen) atoms. The lowest BCUT2D eigenvalue weighted by atomic mass is 10.00. The lowest BCUT2D eigenvalue weighted by Crippen LogP contribution is -2.48. The highest BCUT2D eigenvalue weighted by Gasteiger charge is 2.24. The molecule has 0 fully saturated rings. The normalized spacial score (nSPS) is 12.8. The zero-order chi connectivity index (χ0) is 25.5. The maximum atomic E-state index is 13.8. The summed E-state index contributed by atoms with van der Waals surface area (Å²) in [5.74, 6) is -1.75. The quantitative estimate of drug-likeness (QED) is 0.266. The Balaban J connectivity index is 1.46. The number of aliphatic hydroxyl groups is 1. The highest BCUT2D eigenvalue weighted by atomic mass is 32.1. The number of aryl methyl sites for hydroxylation is 1. The van der Waals surface area contributed by atoms with Crippen molar-refractivity contribution in [2.24, 2.45) is 0 Å². The van der Waals surface area contributed by atoms with Gasteiger partial charge in [-0.15, -0.1) is 11.3 Å². The van der Waals surface area contributed by atoms with Gasteiger partial charge in [0.15, 0.2) is 0 Å². The maximum Gasteiger partial charge on any atom is 0.261 e. The first kappa shape index (κ1) is 25.7. The van der Waals surface area contributed by atoms with E-state index in [2.05, 4.69) is 16.7 Å². The molecule has 2 atom stereocenters. The number of hydrogen-bond donors (Lipinski definition) is 3. The van der Waals surface area contributed by atoms with Crippen LogP contribution >= 0.6 is 11.3 Å². The van der Waals surface area contributed by atoms with Crippen molar-refractivity contribution >= 4 is 17.2 Å². The summed E-state index contributed by atoms with van der Waals surface area (Å²) in [7, 11) is 0. The third-order valence-electron chi connectivity index (χ3n) is 5.85. The second-order valence-electron chi connectivity index (χ2n) is 8.81. The van der Waals surface area contributed by atoms with Crippen LogP contribution in [-0.4, -0.2) is 29.7 Å². The molecular formula is C29H28F2N2O2S. The van der Waals surface area contributed by atoms with Gasteiger partial charge in [-0.3, -0.25) is 4.79 Å². The van der Waals surface area contributed by atoms with Crippen LogP contribution < -0.4 is 10.6 Å². The van der Waals surface area contributed by atoms with E-state index in [0.717, 1.165) is 28.3 Å². The predicted molar refractivity (Wildman–Crippen MR) is 140 cm³/mol. The molecular weight excluding hydrogens is 478 g/mol. The summed E-state index contributed by atoms with van der Waals surface area (Å²) in [5.41, 5.74) is 4.49. The molecule has 3 aromatic carbocycles. The first-order valence-corrected chi connectivity index (χ1v) is 12.6. The fourth-order valence-corrected chi connectivity index (χ4v) is 4.89. The van der Waals surface area contributed by atoms with Gasteiger partial charge in [-0.05, 0) is 59.2 Å². The van der Waals surface area contributed by atoms with Gasteiger partial charge in [0.1, 0.15) is 11.6 Å². The van der Waals surface area contributed by atoms with Gasteiger partial charge in [0, 0.05) is 19.2 Å². The van der Waals surface area contributed by atoms with Crippen LogP contribution in [0.4, 0.5) is 8.78 Å². The van der Waals surface area contributed by atoms with Crippen molar-refractivity contribution in [3.05, 3.63) is 117 Å². The molecule has 0 unspecified atom stereocenters. The highest BCUT2D eigenvalue weighted by Crippen LogP contribution is 2.25. The van der Waals surface area contributed by atoms with Crippen LogP contribution in [0.25, 0.3) is 11.1 Å². The van der Waals surface area contributed by atoms with Crippen LogP contribution in [0, 0.1) is 18.6 Å². The Morgan fingerprint density at radius 3 is 2.39 bits per heavy atom. The number of carbonyl (C=O) groups is 1. The zero-order valence-electron chi connectivity index (χ0n) is 19.9. The fourth-order valence-electron chi connectivity index (χ4n) is 4.07. The Bertz CT molecular complexity index is 1290. The minimum atomic E-state index is -0.987. The van der Waals surface area contributed by atoms with E-state index in [4.69, 9.17) is 0 Å². The first-order valence-electron chi connectivity index (χ1n) is 11.7.